The Bertz CT molecular complexity index is 931. The Labute approximate surface area is 160 Å². The quantitative estimate of drug-likeness (QED) is 0.626. The minimum absolute atomic E-state index is 0.0314. The zero-order valence-electron chi connectivity index (χ0n) is 13.9. The van der Waals surface area contributed by atoms with E-state index in [1.54, 1.807) is 24.1 Å². The lowest BCUT2D eigenvalue weighted by Gasteiger charge is -2.09. The van der Waals surface area contributed by atoms with E-state index in [-0.39, 0.29) is 5.02 Å². The lowest BCUT2D eigenvalue weighted by atomic mass is 10.2. The molecule has 8 heteroatoms. The summed E-state index contributed by atoms with van der Waals surface area (Å²) in [6, 6.07) is 12.1. The predicted octanol–water partition coefficient (Wildman–Crippen LogP) is 4.54. The van der Waals surface area contributed by atoms with Crippen LogP contribution < -0.4 is 15.4 Å². The van der Waals surface area contributed by atoms with Gasteiger partial charge in [-0.1, -0.05) is 23.7 Å². The van der Waals surface area contributed by atoms with Gasteiger partial charge in [0.15, 0.2) is 5.11 Å². The molecule has 0 saturated heterocycles. The lowest BCUT2D eigenvalue weighted by Crippen LogP contribution is -2.18. The SMILES string of the molecule is COc1cccc(Cn2cc(NC(=S)Nc3ccc(F)c(Cl)c3)cn2)c1. The Morgan fingerprint density at radius 1 is 1.23 bits per heavy atom. The number of thiocarbonyl (C=S) groups is 1. The molecule has 0 aliphatic carbocycles. The van der Waals surface area contributed by atoms with Crippen molar-refractivity contribution in [1.82, 2.24) is 9.78 Å². The molecule has 0 aliphatic rings. The molecule has 2 N–H and O–H groups in total. The van der Waals surface area contributed by atoms with E-state index in [9.17, 15) is 4.39 Å². The summed E-state index contributed by atoms with van der Waals surface area (Å²) in [5, 5.41) is 10.7. The molecule has 0 aliphatic heterocycles. The van der Waals surface area contributed by atoms with Crippen LogP contribution in [0.15, 0.2) is 54.9 Å². The Morgan fingerprint density at radius 2 is 2.04 bits per heavy atom. The number of methoxy groups -OCH3 is 1. The third-order valence-electron chi connectivity index (χ3n) is 3.55. The monoisotopic (exact) mass is 390 g/mol. The van der Waals surface area contributed by atoms with Gasteiger partial charge < -0.3 is 15.4 Å². The highest BCUT2D eigenvalue weighted by Gasteiger charge is 2.05. The molecule has 0 atom stereocenters. The summed E-state index contributed by atoms with van der Waals surface area (Å²) in [4.78, 5) is 0. The van der Waals surface area contributed by atoms with Gasteiger partial charge in [-0.3, -0.25) is 4.68 Å². The first-order valence-electron chi connectivity index (χ1n) is 7.72. The molecule has 0 radical (unpaired) electrons. The minimum Gasteiger partial charge on any atom is -0.497 e. The Balaban J connectivity index is 1.60. The molecule has 26 heavy (non-hydrogen) atoms. The molecule has 3 rings (SSSR count). The van der Waals surface area contributed by atoms with Crippen LogP contribution in [0.2, 0.25) is 5.02 Å². The Hall–Kier alpha value is -2.64. The van der Waals surface area contributed by atoms with Gasteiger partial charge in [-0.15, -0.1) is 0 Å². The van der Waals surface area contributed by atoms with E-state index in [4.69, 9.17) is 28.6 Å². The van der Waals surface area contributed by atoms with Gasteiger partial charge in [0, 0.05) is 11.9 Å². The number of halogens is 2. The summed E-state index contributed by atoms with van der Waals surface area (Å²) in [6.07, 6.45) is 3.51. The van der Waals surface area contributed by atoms with Gasteiger partial charge in [0.05, 0.1) is 30.6 Å². The first-order valence-corrected chi connectivity index (χ1v) is 8.50. The van der Waals surface area contributed by atoms with Crippen LogP contribution >= 0.6 is 23.8 Å². The molecule has 1 heterocycles. The molecule has 3 aromatic rings. The molecule has 0 spiro atoms. The molecule has 0 bridgehead atoms. The Morgan fingerprint density at radius 3 is 2.81 bits per heavy atom. The normalized spacial score (nSPS) is 10.4. The van der Waals surface area contributed by atoms with Crippen LogP contribution in [0.1, 0.15) is 5.56 Å². The van der Waals surface area contributed by atoms with Crippen molar-refractivity contribution in [3.05, 3.63) is 71.3 Å². The summed E-state index contributed by atoms with van der Waals surface area (Å²) in [5.74, 6) is 0.325. The van der Waals surface area contributed by atoms with E-state index in [0.717, 1.165) is 17.0 Å². The third kappa shape index (κ3) is 4.71. The molecule has 0 amide bonds. The largest absolute Gasteiger partial charge is 0.497 e. The van der Waals surface area contributed by atoms with Crippen LogP contribution in [0, 0.1) is 5.82 Å². The maximum absolute atomic E-state index is 13.2. The average Bonchev–Trinajstić information content (AvgIpc) is 3.05. The van der Waals surface area contributed by atoms with Crippen molar-refractivity contribution in [2.75, 3.05) is 17.7 Å². The molecule has 134 valence electrons. The standard InChI is InChI=1S/C18H16ClFN4OS/c1-25-15-4-2-3-12(7-15)10-24-11-14(9-21-24)23-18(26)22-13-5-6-17(20)16(19)8-13/h2-9,11H,10H2,1H3,(H2,22,23,26). The van der Waals surface area contributed by atoms with Gasteiger partial charge >= 0.3 is 0 Å². The van der Waals surface area contributed by atoms with Crippen molar-refractivity contribution in [2.45, 2.75) is 6.54 Å². The second-order valence-electron chi connectivity index (χ2n) is 5.49. The van der Waals surface area contributed by atoms with Gasteiger partial charge in [0.25, 0.3) is 0 Å². The van der Waals surface area contributed by atoms with Crippen LogP contribution in [0.4, 0.5) is 15.8 Å². The fourth-order valence-electron chi connectivity index (χ4n) is 2.34. The number of nitrogens with one attached hydrogen (secondary N) is 2. The first kappa shape index (κ1) is 18.2. The van der Waals surface area contributed by atoms with Crippen molar-refractivity contribution in [2.24, 2.45) is 0 Å². The second kappa shape index (κ2) is 8.16. The third-order valence-corrected chi connectivity index (χ3v) is 4.04. The molecular weight excluding hydrogens is 375 g/mol. The van der Waals surface area contributed by atoms with E-state index in [2.05, 4.69) is 15.7 Å². The number of rotatable bonds is 5. The van der Waals surface area contributed by atoms with Crippen molar-refractivity contribution in [3.63, 3.8) is 0 Å². The zero-order valence-corrected chi connectivity index (χ0v) is 15.4. The summed E-state index contributed by atoms with van der Waals surface area (Å²) in [6.45, 7) is 0.604. The summed E-state index contributed by atoms with van der Waals surface area (Å²) in [7, 11) is 1.64. The smallest absolute Gasteiger partial charge is 0.175 e. The fraction of sp³-hybridized carbons (Fsp3) is 0.111. The van der Waals surface area contributed by atoms with Crippen LogP contribution in [0.3, 0.4) is 0 Å². The Kier molecular flexibility index (Phi) is 5.70. The number of benzene rings is 2. The number of anilines is 2. The van der Waals surface area contributed by atoms with Gasteiger partial charge in [-0.05, 0) is 48.1 Å². The second-order valence-corrected chi connectivity index (χ2v) is 6.30. The van der Waals surface area contributed by atoms with E-state index in [1.807, 2.05) is 30.5 Å². The lowest BCUT2D eigenvalue weighted by molar-refractivity contribution is 0.414. The average molecular weight is 391 g/mol. The molecular formula is C18H16ClFN4OS. The highest BCUT2D eigenvalue weighted by atomic mass is 35.5. The first-order chi connectivity index (χ1) is 12.5. The van der Waals surface area contributed by atoms with E-state index in [0.29, 0.717) is 17.3 Å². The van der Waals surface area contributed by atoms with Gasteiger partial charge in [-0.2, -0.15) is 5.10 Å². The number of nitrogens with zero attached hydrogens (tertiary/aromatic N) is 2. The van der Waals surface area contributed by atoms with Gasteiger partial charge in [0.2, 0.25) is 0 Å². The van der Waals surface area contributed by atoms with Gasteiger partial charge in [-0.25, -0.2) is 4.39 Å². The van der Waals surface area contributed by atoms with Crippen LogP contribution in [0.5, 0.6) is 5.75 Å². The number of hydrogen-bond acceptors (Lipinski definition) is 3. The number of aromatic nitrogens is 2. The number of ether oxygens (including phenoxy) is 1. The zero-order chi connectivity index (χ0) is 18.5. The van der Waals surface area contributed by atoms with Crippen molar-refractivity contribution in [1.29, 1.82) is 0 Å². The summed E-state index contributed by atoms with van der Waals surface area (Å²) >= 11 is 11.0. The van der Waals surface area contributed by atoms with Crippen LogP contribution in [0.25, 0.3) is 0 Å². The van der Waals surface area contributed by atoms with Crippen LogP contribution in [-0.2, 0) is 6.54 Å². The molecule has 0 fully saturated rings. The summed E-state index contributed by atoms with van der Waals surface area (Å²) < 4.78 is 20.2. The fourth-order valence-corrected chi connectivity index (χ4v) is 2.76. The van der Waals surface area contributed by atoms with Crippen molar-refractivity contribution < 1.29 is 9.13 Å². The highest BCUT2D eigenvalue weighted by molar-refractivity contribution is 7.80. The molecule has 1 aromatic heterocycles. The maximum atomic E-state index is 13.2. The molecule has 5 nitrogen and oxygen atoms in total. The molecule has 2 aromatic carbocycles. The van der Waals surface area contributed by atoms with E-state index < -0.39 is 5.82 Å². The van der Waals surface area contributed by atoms with Crippen molar-refractivity contribution in [3.8, 4) is 5.75 Å². The highest BCUT2D eigenvalue weighted by Crippen LogP contribution is 2.20. The van der Waals surface area contributed by atoms with Crippen LogP contribution in [-0.4, -0.2) is 22.0 Å². The summed E-state index contributed by atoms with van der Waals surface area (Å²) in [5.41, 5.74) is 2.40. The predicted molar refractivity (Wildman–Crippen MR) is 106 cm³/mol. The van der Waals surface area contributed by atoms with E-state index >= 15 is 0 Å². The van der Waals surface area contributed by atoms with E-state index in [1.165, 1.54) is 12.1 Å². The van der Waals surface area contributed by atoms with Gasteiger partial charge in [0.1, 0.15) is 11.6 Å². The van der Waals surface area contributed by atoms with Crippen molar-refractivity contribution >= 4 is 40.3 Å². The minimum atomic E-state index is -0.477. The maximum Gasteiger partial charge on any atom is 0.175 e. The molecule has 0 unspecified atom stereocenters. The number of hydrogen-bond donors (Lipinski definition) is 2. The molecule has 0 saturated carbocycles. The topological polar surface area (TPSA) is 51.1 Å².